The number of rotatable bonds is 3. The van der Waals surface area contributed by atoms with Crippen molar-refractivity contribution in [2.75, 3.05) is 7.11 Å². The van der Waals surface area contributed by atoms with Gasteiger partial charge in [-0.1, -0.05) is 58.3 Å². The summed E-state index contributed by atoms with van der Waals surface area (Å²) in [4.78, 5) is 30.9. The normalized spacial score (nSPS) is 16.0. The number of thiazole rings is 1. The number of ether oxygens (including phenoxy) is 1. The Bertz CT molecular complexity index is 1460. The van der Waals surface area contributed by atoms with Crippen molar-refractivity contribution in [2.24, 2.45) is 4.99 Å². The first-order valence-corrected chi connectivity index (χ1v) is 11.2. The lowest BCUT2D eigenvalue weighted by atomic mass is 9.96. The molecule has 1 aromatic heterocycles. The number of phenols is 1. The quantitative estimate of drug-likeness (QED) is 0.540. The number of nitrogens with zero attached hydrogens (tertiary/aromatic N) is 2. The van der Waals surface area contributed by atoms with E-state index in [1.165, 1.54) is 29.9 Å². The van der Waals surface area contributed by atoms with Crippen LogP contribution in [0.15, 0.2) is 57.5 Å². The molecule has 1 aliphatic rings. The van der Waals surface area contributed by atoms with Gasteiger partial charge in [0.15, 0.2) is 4.80 Å². The molecule has 0 unspecified atom stereocenters. The van der Waals surface area contributed by atoms with Gasteiger partial charge in [-0.2, -0.15) is 0 Å². The van der Waals surface area contributed by atoms with Crippen molar-refractivity contribution in [1.29, 1.82) is 0 Å². The summed E-state index contributed by atoms with van der Waals surface area (Å²) in [5, 5.41) is 11.2. The van der Waals surface area contributed by atoms with Gasteiger partial charge in [0.2, 0.25) is 0 Å². The third-order valence-corrected chi connectivity index (χ3v) is 6.70. The van der Waals surface area contributed by atoms with E-state index < -0.39 is 17.6 Å². The molecule has 32 heavy (non-hydrogen) atoms. The highest BCUT2D eigenvalue weighted by molar-refractivity contribution is 7.07. The van der Waals surface area contributed by atoms with Gasteiger partial charge >= 0.3 is 5.97 Å². The second kappa shape index (κ2) is 8.75. The Morgan fingerprint density at radius 1 is 1.19 bits per heavy atom. The zero-order chi connectivity index (χ0) is 23.2. The van der Waals surface area contributed by atoms with Gasteiger partial charge < -0.3 is 9.84 Å². The van der Waals surface area contributed by atoms with Crippen LogP contribution in [0.1, 0.15) is 24.1 Å². The molecule has 3 aromatic rings. The number of aromatic nitrogens is 1. The third-order valence-electron chi connectivity index (χ3n) is 4.96. The van der Waals surface area contributed by atoms with Gasteiger partial charge in [-0.15, -0.1) is 0 Å². The molecule has 0 bridgehead atoms. The Balaban J connectivity index is 2.00. The van der Waals surface area contributed by atoms with Crippen LogP contribution in [0.5, 0.6) is 5.75 Å². The van der Waals surface area contributed by atoms with Crippen molar-refractivity contribution >= 4 is 58.2 Å². The predicted molar refractivity (Wildman–Crippen MR) is 125 cm³/mol. The average Bonchev–Trinajstić information content (AvgIpc) is 3.05. The molecule has 1 aliphatic heterocycles. The molecule has 0 spiro atoms. The number of carbonyl (C=O) groups excluding carboxylic acids is 1. The molecule has 6 nitrogen and oxygen atoms in total. The minimum atomic E-state index is -0.755. The Kier molecular flexibility index (Phi) is 6.18. The van der Waals surface area contributed by atoms with Crippen LogP contribution in [0.3, 0.4) is 0 Å². The maximum Gasteiger partial charge on any atom is 0.338 e. The van der Waals surface area contributed by atoms with E-state index in [2.05, 4.69) is 4.99 Å². The van der Waals surface area contributed by atoms with E-state index in [1.54, 1.807) is 31.2 Å². The van der Waals surface area contributed by atoms with Gasteiger partial charge in [0, 0.05) is 15.6 Å². The third kappa shape index (κ3) is 3.97. The van der Waals surface area contributed by atoms with E-state index in [4.69, 9.17) is 39.5 Å². The molecular weight excluding hydrogens is 495 g/mol. The molecule has 0 saturated carbocycles. The zero-order valence-electron chi connectivity index (χ0n) is 16.7. The minimum Gasteiger partial charge on any atom is -0.506 e. The topological polar surface area (TPSA) is 80.9 Å². The Labute approximate surface area is 201 Å². The van der Waals surface area contributed by atoms with E-state index >= 15 is 0 Å². The zero-order valence-corrected chi connectivity index (χ0v) is 19.8. The Morgan fingerprint density at radius 3 is 2.53 bits per heavy atom. The molecule has 0 fully saturated rings. The molecule has 1 N–H and O–H groups in total. The molecule has 1 atom stereocenters. The first kappa shape index (κ1) is 22.6. The first-order valence-electron chi connectivity index (χ1n) is 9.25. The predicted octanol–water partition coefficient (Wildman–Crippen LogP) is 4.07. The van der Waals surface area contributed by atoms with E-state index in [1.807, 2.05) is 0 Å². The number of hydrogen-bond acceptors (Lipinski definition) is 6. The highest BCUT2D eigenvalue weighted by Crippen LogP contribution is 2.32. The molecular formula is C22H15Cl3N2O4S. The minimum absolute atomic E-state index is 0.0689. The number of carbonyl (C=O) groups is 1. The van der Waals surface area contributed by atoms with Crippen molar-refractivity contribution in [3.63, 3.8) is 0 Å². The van der Waals surface area contributed by atoms with Crippen LogP contribution in [-0.2, 0) is 9.53 Å². The summed E-state index contributed by atoms with van der Waals surface area (Å²) in [6.07, 6.45) is 1.49. The average molecular weight is 510 g/mol. The van der Waals surface area contributed by atoms with Gasteiger partial charge in [-0.25, -0.2) is 9.79 Å². The van der Waals surface area contributed by atoms with Crippen LogP contribution in [-0.4, -0.2) is 22.8 Å². The van der Waals surface area contributed by atoms with Gasteiger partial charge in [0.25, 0.3) is 5.56 Å². The standard InChI is InChI=1S/C22H15Cl3N2O4S/c1-10-17(21(30)31-2)18(11-3-5-13(23)6-4-11)27-20(29)16(32-22(27)26-10)8-12-7-14(24)9-15(25)19(12)28/h3-9,18,28H,1-2H3/b16-8-/t18-/m0/s1. The number of benzene rings is 2. The molecule has 164 valence electrons. The van der Waals surface area contributed by atoms with Crippen molar-refractivity contribution in [3.05, 3.63) is 93.6 Å². The van der Waals surface area contributed by atoms with Gasteiger partial charge in [-0.05, 0) is 42.8 Å². The summed E-state index contributed by atoms with van der Waals surface area (Å²) in [6, 6.07) is 9.01. The van der Waals surface area contributed by atoms with E-state index in [0.29, 0.717) is 31.7 Å². The fourth-order valence-corrected chi connectivity index (χ4v) is 5.16. The molecule has 0 aliphatic carbocycles. The summed E-state index contributed by atoms with van der Waals surface area (Å²) < 4.78 is 6.69. The second-order valence-corrected chi connectivity index (χ2v) is 9.24. The van der Waals surface area contributed by atoms with Crippen LogP contribution in [0.2, 0.25) is 15.1 Å². The second-order valence-electron chi connectivity index (χ2n) is 6.95. The Hall–Kier alpha value is -2.58. The van der Waals surface area contributed by atoms with Crippen molar-refractivity contribution < 1.29 is 14.6 Å². The van der Waals surface area contributed by atoms with Crippen LogP contribution in [0.4, 0.5) is 0 Å². The maximum absolute atomic E-state index is 13.4. The van der Waals surface area contributed by atoms with Crippen molar-refractivity contribution in [1.82, 2.24) is 4.57 Å². The number of fused-ring (bicyclic) bond motifs is 1. The van der Waals surface area contributed by atoms with Crippen LogP contribution < -0.4 is 14.9 Å². The maximum atomic E-state index is 13.4. The summed E-state index contributed by atoms with van der Waals surface area (Å²) >= 11 is 19.2. The number of hydrogen-bond donors (Lipinski definition) is 1. The fourth-order valence-electron chi connectivity index (χ4n) is 3.49. The van der Waals surface area contributed by atoms with Crippen molar-refractivity contribution in [3.8, 4) is 5.75 Å². The fraction of sp³-hybridized carbons (Fsp3) is 0.136. The molecule has 4 rings (SSSR count). The molecule has 2 heterocycles. The van der Waals surface area contributed by atoms with E-state index in [0.717, 1.165) is 11.3 Å². The number of allylic oxidation sites excluding steroid dienone is 1. The number of phenolic OH excluding ortho intramolecular Hbond substituents is 1. The molecule has 0 amide bonds. The molecule has 2 aromatic carbocycles. The monoisotopic (exact) mass is 508 g/mol. The molecule has 0 radical (unpaired) electrons. The van der Waals surface area contributed by atoms with Gasteiger partial charge in [0.05, 0.1) is 34.0 Å². The summed E-state index contributed by atoms with van der Waals surface area (Å²) in [6.45, 7) is 1.69. The first-order chi connectivity index (χ1) is 15.2. The number of halogens is 3. The van der Waals surface area contributed by atoms with Crippen LogP contribution in [0.25, 0.3) is 6.08 Å². The highest BCUT2D eigenvalue weighted by atomic mass is 35.5. The van der Waals surface area contributed by atoms with Crippen LogP contribution >= 0.6 is 46.1 Å². The van der Waals surface area contributed by atoms with E-state index in [-0.39, 0.29) is 20.9 Å². The number of methoxy groups -OCH3 is 1. The van der Waals surface area contributed by atoms with Crippen LogP contribution in [0, 0.1) is 0 Å². The summed E-state index contributed by atoms with van der Waals surface area (Å²) in [5.74, 6) is -0.776. The lowest BCUT2D eigenvalue weighted by Crippen LogP contribution is -2.39. The van der Waals surface area contributed by atoms with Crippen molar-refractivity contribution in [2.45, 2.75) is 13.0 Å². The summed E-state index contributed by atoms with van der Waals surface area (Å²) in [7, 11) is 1.28. The van der Waals surface area contributed by atoms with Gasteiger partial charge in [-0.3, -0.25) is 9.36 Å². The highest BCUT2D eigenvalue weighted by Gasteiger charge is 2.33. The number of aromatic hydroxyl groups is 1. The van der Waals surface area contributed by atoms with Gasteiger partial charge in [0.1, 0.15) is 5.75 Å². The SMILES string of the molecule is COC(=O)C1=C(C)N=c2s/c(=C\c3cc(Cl)cc(Cl)c3O)c(=O)n2[C@H]1c1ccc(Cl)cc1. The van der Waals surface area contributed by atoms with E-state index in [9.17, 15) is 14.7 Å². The number of esters is 1. The lowest BCUT2D eigenvalue weighted by molar-refractivity contribution is -0.136. The largest absolute Gasteiger partial charge is 0.506 e. The smallest absolute Gasteiger partial charge is 0.338 e. The Morgan fingerprint density at radius 2 is 1.88 bits per heavy atom. The molecule has 0 saturated heterocycles. The lowest BCUT2D eigenvalue weighted by Gasteiger charge is -2.24. The summed E-state index contributed by atoms with van der Waals surface area (Å²) in [5.41, 5.74) is 1.27. The molecule has 10 heteroatoms.